The van der Waals surface area contributed by atoms with Crippen LogP contribution in [-0.2, 0) is 6.42 Å². The van der Waals surface area contributed by atoms with E-state index in [1.165, 1.54) is 42.8 Å². The summed E-state index contributed by atoms with van der Waals surface area (Å²) in [5, 5.41) is 3.76. The summed E-state index contributed by atoms with van der Waals surface area (Å²) in [5.74, 6) is 1.07. The number of aryl methyl sites for hydroxylation is 1. The summed E-state index contributed by atoms with van der Waals surface area (Å²) < 4.78 is 0. The van der Waals surface area contributed by atoms with Gasteiger partial charge in [0.05, 0.1) is 11.4 Å². The molecule has 1 heterocycles. The van der Waals surface area contributed by atoms with E-state index >= 15 is 0 Å². The van der Waals surface area contributed by atoms with Crippen molar-refractivity contribution in [1.29, 1.82) is 0 Å². The molecule has 0 amide bonds. The lowest BCUT2D eigenvalue weighted by molar-refractivity contribution is 1.11. The number of hydrogen-bond acceptors (Lipinski definition) is 1. The molecule has 1 aliphatic rings. The molecule has 0 saturated heterocycles. The first-order valence-corrected chi connectivity index (χ1v) is 13.6. The highest BCUT2D eigenvalue weighted by Crippen LogP contribution is 2.74. The van der Waals surface area contributed by atoms with Crippen LogP contribution in [0.1, 0.15) is 5.56 Å². The average Bonchev–Trinajstić information content (AvgIpc) is 2.92. The molecule has 166 valence electrons. The van der Waals surface area contributed by atoms with Gasteiger partial charge in [-0.2, -0.15) is 10.0 Å². The van der Waals surface area contributed by atoms with Crippen molar-refractivity contribution in [1.82, 2.24) is 0 Å². The molecule has 1 unspecified atom stereocenters. The predicted octanol–water partition coefficient (Wildman–Crippen LogP) is 8.94. The molecule has 1 nitrogen and oxygen atoms in total. The van der Waals surface area contributed by atoms with Gasteiger partial charge in [0.2, 0.25) is 0 Å². The van der Waals surface area contributed by atoms with Crippen molar-refractivity contribution in [3.63, 3.8) is 0 Å². The number of fused-ring (bicyclic) bond motifs is 2. The van der Waals surface area contributed by atoms with Gasteiger partial charge in [0.1, 0.15) is 0 Å². The van der Waals surface area contributed by atoms with Gasteiger partial charge in [0, 0.05) is 9.79 Å². The summed E-state index contributed by atoms with van der Waals surface area (Å²) >= 11 is 0. The molecule has 0 aromatic heterocycles. The minimum Gasteiger partial charge on any atom is -0.354 e. The first-order valence-electron chi connectivity index (χ1n) is 11.8. The van der Waals surface area contributed by atoms with Crippen molar-refractivity contribution in [3.8, 4) is 11.1 Å². The van der Waals surface area contributed by atoms with Gasteiger partial charge in [-0.1, -0.05) is 97.1 Å². The number of rotatable bonds is 5. The summed E-state index contributed by atoms with van der Waals surface area (Å²) in [6.07, 6.45) is 1.04. The number of nitrogens with one attached hydrogen (secondary N) is 1. The Hall–Kier alpha value is -3.75. The van der Waals surface area contributed by atoms with Crippen molar-refractivity contribution < 1.29 is 0 Å². The molecule has 2 heteroatoms. The van der Waals surface area contributed by atoms with Crippen LogP contribution in [0, 0.1) is 0 Å². The number of hydrogen-bond donors (Lipinski definition) is 1. The molecule has 34 heavy (non-hydrogen) atoms. The lowest BCUT2D eigenvalue weighted by Crippen LogP contribution is -2.17. The molecule has 1 N–H and O–H groups in total. The molecule has 5 aromatic rings. The average molecular weight is 458 g/mol. The predicted molar refractivity (Wildman–Crippen MR) is 145 cm³/mol. The van der Waals surface area contributed by atoms with E-state index in [2.05, 4.69) is 139 Å². The summed E-state index contributed by atoms with van der Waals surface area (Å²) in [4.78, 5) is 4.27. The fourth-order valence-corrected chi connectivity index (χ4v) is 9.23. The fourth-order valence-electron chi connectivity index (χ4n) is 5.02. The van der Waals surface area contributed by atoms with Crippen LogP contribution in [0.5, 0.6) is 0 Å². The lowest BCUT2D eigenvalue weighted by atomic mass is 10.1. The quantitative estimate of drug-likeness (QED) is 0.278. The molecule has 0 radical (unpaired) electrons. The van der Waals surface area contributed by atoms with Gasteiger partial charge in [-0.15, -0.1) is 0 Å². The van der Waals surface area contributed by atoms with E-state index in [9.17, 15) is 0 Å². The zero-order valence-electron chi connectivity index (χ0n) is 19.0. The Morgan fingerprint density at radius 1 is 0.500 bits per heavy atom. The van der Waals surface area contributed by atoms with Gasteiger partial charge in [0.25, 0.3) is 0 Å². The van der Waals surface area contributed by atoms with Crippen LogP contribution in [0.15, 0.2) is 148 Å². The lowest BCUT2D eigenvalue weighted by Gasteiger charge is -2.47. The topological polar surface area (TPSA) is 12.0 Å². The van der Waals surface area contributed by atoms with Crippen LogP contribution in [0.25, 0.3) is 11.1 Å². The van der Waals surface area contributed by atoms with Gasteiger partial charge >= 0.3 is 0 Å². The van der Waals surface area contributed by atoms with Crippen molar-refractivity contribution >= 4 is 21.4 Å². The van der Waals surface area contributed by atoms with Gasteiger partial charge in [0.15, 0.2) is 0 Å². The largest absolute Gasteiger partial charge is 0.354 e. The standard InChI is InChI=1S/C32H27NS/c1-4-12-25(13-5-1)22-23-34(28-16-8-3-9-17-28)31-19-11-10-18-29(31)33-30-21-20-27(24-32(30)34)26-14-6-2-7-15-26/h1-21,24,33H,22-23H2. The summed E-state index contributed by atoms with van der Waals surface area (Å²) in [6, 6.07) is 48.7. The Labute approximate surface area is 203 Å². The smallest absolute Gasteiger partial charge is 0.0514 e. The van der Waals surface area contributed by atoms with E-state index < -0.39 is 10.0 Å². The third-order valence-corrected chi connectivity index (χ3v) is 10.8. The van der Waals surface area contributed by atoms with Crippen LogP contribution >= 0.6 is 10.0 Å². The van der Waals surface area contributed by atoms with Crippen LogP contribution in [-0.4, -0.2) is 5.75 Å². The Morgan fingerprint density at radius 2 is 1.12 bits per heavy atom. The maximum absolute atomic E-state index is 3.76. The monoisotopic (exact) mass is 457 g/mol. The molecular weight excluding hydrogens is 430 g/mol. The number of para-hydroxylation sites is 1. The summed E-state index contributed by atoms with van der Waals surface area (Å²) in [5.41, 5.74) is 6.38. The maximum atomic E-state index is 3.76. The highest BCUT2D eigenvalue weighted by molar-refractivity contribution is 8.34. The zero-order valence-corrected chi connectivity index (χ0v) is 19.8. The first-order chi connectivity index (χ1) is 16.8. The molecule has 0 spiro atoms. The third kappa shape index (κ3) is 3.61. The number of anilines is 2. The second-order valence-corrected chi connectivity index (χ2v) is 11.9. The fraction of sp³-hybridized carbons (Fsp3) is 0.0625. The third-order valence-electron chi connectivity index (χ3n) is 6.68. The van der Waals surface area contributed by atoms with Crippen molar-refractivity contribution in [2.45, 2.75) is 21.1 Å². The van der Waals surface area contributed by atoms with E-state index in [4.69, 9.17) is 0 Å². The van der Waals surface area contributed by atoms with Gasteiger partial charge < -0.3 is 5.32 Å². The Balaban J connectivity index is 1.60. The molecule has 6 rings (SSSR count). The second kappa shape index (κ2) is 8.89. The minimum atomic E-state index is -1.49. The van der Waals surface area contributed by atoms with Crippen LogP contribution in [0.3, 0.4) is 0 Å². The molecule has 1 atom stereocenters. The zero-order chi connectivity index (χ0) is 22.8. The number of benzene rings is 5. The molecule has 0 saturated carbocycles. The minimum absolute atomic E-state index is 1.04. The van der Waals surface area contributed by atoms with Crippen LogP contribution in [0.4, 0.5) is 11.4 Å². The molecule has 0 fully saturated rings. The molecule has 0 aliphatic carbocycles. The Morgan fingerprint density at radius 3 is 1.88 bits per heavy atom. The van der Waals surface area contributed by atoms with Crippen LogP contribution < -0.4 is 5.32 Å². The first kappa shape index (κ1) is 20.8. The van der Waals surface area contributed by atoms with E-state index in [1.807, 2.05) is 0 Å². The molecular formula is C32H27NS. The van der Waals surface area contributed by atoms with Crippen molar-refractivity contribution in [2.75, 3.05) is 11.1 Å². The second-order valence-electron chi connectivity index (χ2n) is 8.69. The van der Waals surface area contributed by atoms with Gasteiger partial charge in [-0.25, -0.2) is 0 Å². The van der Waals surface area contributed by atoms with E-state index in [-0.39, 0.29) is 0 Å². The Kier molecular flexibility index (Phi) is 5.44. The highest BCUT2D eigenvalue weighted by Gasteiger charge is 2.37. The summed E-state index contributed by atoms with van der Waals surface area (Å²) in [7, 11) is -1.49. The van der Waals surface area contributed by atoms with Gasteiger partial charge in [-0.05, 0) is 70.2 Å². The molecule has 1 aliphatic heterocycles. The summed E-state index contributed by atoms with van der Waals surface area (Å²) in [6.45, 7) is 0. The maximum Gasteiger partial charge on any atom is 0.0514 e. The van der Waals surface area contributed by atoms with E-state index in [0.29, 0.717) is 0 Å². The molecule has 5 aromatic carbocycles. The molecule has 0 bridgehead atoms. The van der Waals surface area contributed by atoms with Gasteiger partial charge in [-0.3, -0.25) is 0 Å². The van der Waals surface area contributed by atoms with E-state index in [0.717, 1.165) is 12.2 Å². The van der Waals surface area contributed by atoms with Crippen molar-refractivity contribution in [3.05, 3.63) is 139 Å². The van der Waals surface area contributed by atoms with Crippen LogP contribution in [0.2, 0.25) is 0 Å². The van der Waals surface area contributed by atoms with E-state index in [1.54, 1.807) is 0 Å². The normalized spacial score (nSPS) is 18.1. The SMILES string of the molecule is c1ccc(CCS2(c3ccccc3)c3ccccc3Nc3ccc(-c4ccccc4)cc32)cc1. The Bertz CT molecular complexity index is 1410. The van der Waals surface area contributed by atoms with Crippen molar-refractivity contribution in [2.24, 2.45) is 0 Å². The highest BCUT2D eigenvalue weighted by atomic mass is 32.3.